The average Bonchev–Trinajstić information content (AvgIpc) is 2.95. The van der Waals surface area contributed by atoms with Gasteiger partial charge in [0.25, 0.3) is 0 Å². The lowest BCUT2D eigenvalue weighted by Gasteiger charge is -2.33. The number of benzene rings is 1. The maximum atomic E-state index is 12.7. The minimum Gasteiger partial charge on any atom is -0.252 e. The maximum Gasteiger partial charge on any atom is 0.416 e. The summed E-state index contributed by atoms with van der Waals surface area (Å²) in [7, 11) is -3.48. The molecule has 5 nitrogen and oxygen atoms in total. The van der Waals surface area contributed by atoms with E-state index in [4.69, 9.17) is 0 Å². The van der Waals surface area contributed by atoms with Gasteiger partial charge in [0.1, 0.15) is 12.7 Å². The molecule has 0 amide bonds. The zero-order valence-electron chi connectivity index (χ0n) is 13.4. The summed E-state index contributed by atoms with van der Waals surface area (Å²) < 4.78 is 62.9. The Morgan fingerprint density at radius 2 is 1.75 bits per heavy atom. The fraction of sp³-hybridized carbons (Fsp3) is 0.467. The summed E-state index contributed by atoms with van der Waals surface area (Å²) >= 11 is 0. The van der Waals surface area contributed by atoms with E-state index in [1.165, 1.54) is 29.5 Å². The van der Waals surface area contributed by atoms with E-state index in [0.717, 1.165) is 18.4 Å². The van der Waals surface area contributed by atoms with Crippen LogP contribution >= 0.6 is 0 Å². The number of nitrogens with zero attached hydrogens (tertiary/aromatic N) is 3. The molecule has 0 aliphatic rings. The largest absolute Gasteiger partial charge is 0.416 e. The average molecular weight is 361 g/mol. The minimum absolute atomic E-state index is 0.186. The predicted octanol–water partition coefficient (Wildman–Crippen LogP) is 2.90. The fourth-order valence-corrected chi connectivity index (χ4v) is 3.13. The summed E-state index contributed by atoms with van der Waals surface area (Å²) in [6.45, 7) is 3.30. The normalized spacial score (nSPS) is 14.6. The molecule has 132 valence electrons. The summed E-state index contributed by atoms with van der Waals surface area (Å²) in [4.78, 5) is 3.81. The summed E-state index contributed by atoms with van der Waals surface area (Å²) in [5.41, 5.74) is -0.281. The van der Waals surface area contributed by atoms with Crippen molar-refractivity contribution in [2.45, 2.75) is 37.2 Å². The number of alkyl halides is 3. The van der Waals surface area contributed by atoms with Gasteiger partial charge < -0.3 is 0 Å². The third kappa shape index (κ3) is 3.77. The van der Waals surface area contributed by atoms with Crippen molar-refractivity contribution < 1.29 is 21.6 Å². The SMILES string of the molecule is CC(C)(C(Cn1cncn1)c1ccc(C(F)(F)F)cc1)S(C)(=O)=O. The van der Waals surface area contributed by atoms with Crippen molar-refractivity contribution in [1.82, 2.24) is 14.8 Å². The highest BCUT2D eigenvalue weighted by atomic mass is 32.2. The molecule has 0 bridgehead atoms. The van der Waals surface area contributed by atoms with E-state index in [1.807, 2.05) is 0 Å². The second kappa shape index (κ2) is 6.19. The van der Waals surface area contributed by atoms with Crippen LogP contribution in [0.1, 0.15) is 30.9 Å². The summed E-state index contributed by atoms with van der Waals surface area (Å²) in [5.74, 6) is -0.587. The zero-order valence-corrected chi connectivity index (χ0v) is 14.3. The standard InChI is InChI=1S/C15H18F3N3O2S/c1-14(2,24(3,22)23)13(8-21-10-19-9-20-21)11-4-6-12(7-5-11)15(16,17)18/h4-7,9-10,13H,8H2,1-3H3. The number of hydrogen-bond donors (Lipinski definition) is 0. The van der Waals surface area contributed by atoms with Gasteiger partial charge in [-0.3, -0.25) is 4.68 Å². The van der Waals surface area contributed by atoms with Crippen LogP contribution < -0.4 is 0 Å². The summed E-state index contributed by atoms with van der Waals surface area (Å²) in [6.07, 6.45) is -0.565. The first kappa shape index (κ1) is 18.4. The Morgan fingerprint density at radius 3 is 2.17 bits per heavy atom. The molecule has 9 heteroatoms. The van der Waals surface area contributed by atoms with E-state index in [9.17, 15) is 21.6 Å². The molecule has 1 heterocycles. The molecule has 24 heavy (non-hydrogen) atoms. The molecule has 0 radical (unpaired) electrons. The van der Waals surface area contributed by atoms with Gasteiger partial charge in [-0.05, 0) is 31.5 Å². The number of rotatable bonds is 5. The third-order valence-electron chi connectivity index (χ3n) is 4.27. The smallest absolute Gasteiger partial charge is 0.252 e. The van der Waals surface area contributed by atoms with Gasteiger partial charge in [0.2, 0.25) is 0 Å². The number of halogens is 3. The highest BCUT2D eigenvalue weighted by Crippen LogP contribution is 2.37. The molecule has 1 unspecified atom stereocenters. The Balaban J connectivity index is 2.46. The number of sulfone groups is 1. The van der Waals surface area contributed by atoms with Crippen molar-refractivity contribution in [3.63, 3.8) is 0 Å². The van der Waals surface area contributed by atoms with Crippen LogP contribution in [0.3, 0.4) is 0 Å². The van der Waals surface area contributed by atoms with Crippen LogP contribution in [0.4, 0.5) is 13.2 Å². The second-order valence-electron chi connectivity index (χ2n) is 6.17. The molecule has 0 fully saturated rings. The Labute approximate surface area is 138 Å². The molecule has 1 aromatic heterocycles. The first-order valence-corrected chi connectivity index (χ1v) is 9.01. The molecule has 2 aromatic rings. The van der Waals surface area contributed by atoms with Crippen molar-refractivity contribution >= 4 is 9.84 Å². The van der Waals surface area contributed by atoms with Gasteiger partial charge in [-0.2, -0.15) is 18.3 Å². The van der Waals surface area contributed by atoms with Crippen molar-refractivity contribution in [2.24, 2.45) is 0 Å². The fourth-order valence-electron chi connectivity index (χ4n) is 2.40. The minimum atomic E-state index is -4.44. The van der Waals surface area contributed by atoms with E-state index in [1.54, 1.807) is 13.8 Å². The molecule has 0 saturated heterocycles. The highest BCUT2D eigenvalue weighted by Gasteiger charge is 2.40. The van der Waals surface area contributed by atoms with Gasteiger partial charge in [0, 0.05) is 12.2 Å². The Kier molecular flexibility index (Phi) is 4.76. The van der Waals surface area contributed by atoms with Crippen LogP contribution in [-0.2, 0) is 22.6 Å². The molecule has 2 rings (SSSR count). The molecular formula is C15H18F3N3O2S. The van der Waals surface area contributed by atoms with Crippen LogP contribution in [0, 0.1) is 0 Å². The molecule has 1 aromatic carbocycles. The van der Waals surface area contributed by atoms with Crippen LogP contribution in [0.2, 0.25) is 0 Å². The van der Waals surface area contributed by atoms with Gasteiger partial charge in [0.15, 0.2) is 9.84 Å². The first-order chi connectivity index (χ1) is 10.9. The first-order valence-electron chi connectivity index (χ1n) is 7.12. The van der Waals surface area contributed by atoms with E-state index < -0.39 is 32.2 Å². The number of aromatic nitrogens is 3. The van der Waals surface area contributed by atoms with Crippen LogP contribution in [0.5, 0.6) is 0 Å². The van der Waals surface area contributed by atoms with Crippen molar-refractivity contribution in [2.75, 3.05) is 6.26 Å². The Hall–Kier alpha value is -1.90. The van der Waals surface area contributed by atoms with Crippen LogP contribution in [-0.4, -0.2) is 34.2 Å². The molecule has 0 aliphatic heterocycles. The van der Waals surface area contributed by atoms with Crippen molar-refractivity contribution in [3.05, 3.63) is 48.0 Å². The lowest BCUT2D eigenvalue weighted by molar-refractivity contribution is -0.137. The van der Waals surface area contributed by atoms with E-state index in [-0.39, 0.29) is 6.54 Å². The lowest BCUT2D eigenvalue weighted by Crippen LogP contribution is -2.40. The van der Waals surface area contributed by atoms with Crippen LogP contribution in [0.25, 0.3) is 0 Å². The molecular weight excluding hydrogens is 343 g/mol. The molecule has 0 saturated carbocycles. The molecule has 1 atom stereocenters. The van der Waals surface area contributed by atoms with Gasteiger partial charge in [-0.25, -0.2) is 13.4 Å². The van der Waals surface area contributed by atoms with Crippen molar-refractivity contribution in [1.29, 1.82) is 0 Å². The third-order valence-corrected chi connectivity index (χ3v) is 6.47. The van der Waals surface area contributed by atoms with E-state index >= 15 is 0 Å². The second-order valence-corrected chi connectivity index (χ2v) is 8.76. The van der Waals surface area contributed by atoms with Crippen molar-refractivity contribution in [3.8, 4) is 0 Å². The van der Waals surface area contributed by atoms with Gasteiger partial charge in [-0.15, -0.1) is 0 Å². The Morgan fingerprint density at radius 1 is 1.17 bits per heavy atom. The zero-order chi connectivity index (χ0) is 18.2. The summed E-state index contributed by atoms with van der Waals surface area (Å²) in [5, 5.41) is 3.96. The molecule has 0 N–H and O–H groups in total. The summed E-state index contributed by atoms with van der Waals surface area (Å²) in [6, 6.07) is 4.55. The predicted molar refractivity (Wildman–Crippen MR) is 83.1 cm³/mol. The quantitative estimate of drug-likeness (QED) is 0.821. The molecule has 0 spiro atoms. The van der Waals surface area contributed by atoms with E-state index in [0.29, 0.717) is 5.56 Å². The highest BCUT2D eigenvalue weighted by molar-refractivity contribution is 7.92. The van der Waals surface area contributed by atoms with E-state index in [2.05, 4.69) is 10.1 Å². The maximum absolute atomic E-state index is 12.7. The van der Waals surface area contributed by atoms with Gasteiger partial charge in [0.05, 0.1) is 16.9 Å². The number of hydrogen-bond acceptors (Lipinski definition) is 4. The monoisotopic (exact) mass is 361 g/mol. The topological polar surface area (TPSA) is 64.8 Å². The molecule has 0 aliphatic carbocycles. The van der Waals surface area contributed by atoms with Gasteiger partial charge >= 0.3 is 6.18 Å². The Bertz CT molecular complexity index is 782. The van der Waals surface area contributed by atoms with Gasteiger partial charge in [-0.1, -0.05) is 12.1 Å². The lowest BCUT2D eigenvalue weighted by atomic mass is 9.87. The van der Waals surface area contributed by atoms with Crippen LogP contribution in [0.15, 0.2) is 36.9 Å².